The van der Waals surface area contributed by atoms with Crippen molar-refractivity contribution in [1.82, 2.24) is 20.2 Å². The van der Waals surface area contributed by atoms with Gasteiger partial charge in [-0.15, -0.1) is 0 Å². The minimum absolute atomic E-state index is 0.176. The average Bonchev–Trinajstić information content (AvgIpc) is 2.38. The molecular weight excluding hydrogens is 244 g/mol. The van der Waals surface area contributed by atoms with E-state index in [2.05, 4.69) is 34.2 Å². The van der Waals surface area contributed by atoms with Gasteiger partial charge in [0.25, 0.3) is 0 Å². The molecule has 1 fully saturated rings. The van der Waals surface area contributed by atoms with Crippen LogP contribution in [0.2, 0.25) is 0 Å². The van der Waals surface area contributed by atoms with Crippen molar-refractivity contribution < 1.29 is 9.90 Å². The number of nitrogens with one attached hydrogen (secondary N) is 1. The molecule has 1 aromatic rings. The highest BCUT2D eigenvalue weighted by atomic mass is 16.4. The van der Waals surface area contributed by atoms with E-state index in [4.69, 9.17) is 5.11 Å². The summed E-state index contributed by atoms with van der Waals surface area (Å²) in [6, 6.07) is 0.410. The van der Waals surface area contributed by atoms with E-state index in [9.17, 15) is 4.79 Å². The van der Waals surface area contributed by atoms with Crippen molar-refractivity contribution >= 4 is 5.97 Å². The van der Waals surface area contributed by atoms with Crippen LogP contribution in [-0.4, -0.2) is 52.1 Å². The zero-order valence-corrected chi connectivity index (χ0v) is 11.3. The lowest BCUT2D eigenvalue weighted by Crippen LogP contribution is -2.46. The Morgan fingerprint density at radius 1 is 1.63 bits per heavy atom. The summed E-state index contributed by atoms with van der Waals surface area (Å²) in [6.07, 6.45) is 3.82. The van der Waals surface area contributed by atoms with Gasteiger partial charge in [-0.3, -0.25) is 0 Å². The molecule has 1 saturated heterocycles. The fourth-order valence-electron chi connectivity index (χ4n) is 2.56. The standard InChI is InChI=1S/C13H20N4O2/c1-9-7-17(2)4-3-11(9)15-6-12-10(13(18)19)5-14-8-16-12/h5,8-9,11,15H,3-4,6-7H2,1-2H3,(H,18,19). The molecule has 0 aliphatic carbocycles. The van der Waals surface area contributed by atoms with Crippen LogP contribution in [0.5, 0.6) is 0 Å². The Morgan fingerprint density at radius 2 is 2.42 bits per heavy atom. The van der Waals surface area contributed by atoms with Gasteiger partial charge in [-0.1, -0.05) is 6.92 Å². The first-order chi connectivity index (χ1) is 9.08. The molecule has 0 bridgehead atoms. The maximum Gasteiger partial charge on any atom is 0.339 e. The van der Waals surface area contributed by atoms with Crippen molar-refractivity contribution in [1.29, 1.82) is 0 Å². The maximum atomic E-state index is 11.1. The van der Waals surface area contributed by atoms with Crippen LogP contribution >= 0.6 is 0 Å². The number of nitrogens with zero attached hydrogens (tertiary/aromatic N) is 3. The van der Waals surface area contributed by atoms with Crippen LogP contribution < -0.4 is 5.32 Å². The number of carboxylic acid groups (broad SMARTS) is 1. The maximum absolute atomic E-state index is 11.1. The Kier molecular flexibility index (Phi) is 4.44. The third-order valence-corrected chi connectivity index (χ3v) is 3.67. The van der Waals surface area contributed by atoms with Crippen molar-refractivity contribution in [3.8, 4) is 0 Å². The van der Waals surface area contributed by atoms with E-state index in [0.717, 1.165) is 19.5 Å². The molecule has 0 amide bonds. The number of hydrogen-bond acceptors (Lipinski definition) is 5. The van der Waals surface area contributed by atoms with E-state index >= 15 is 0 Å². The summed E-state index contributed by atoms with van der Waals surface area (Å²) in [7, 11) is 2.12. The second-order valence-electron chi connectivity index (χ2n) is 5.20. The van der Waals surface area contributed by atoms with Gasteiger partial charge >= 0.3 is 5.97 Å². The van der Waals surface area contributed by atoms with Crippen molar-refractivity contribution in [3.63, 3.8) is 0 Å². The Morgan fingerprint density at radius 3 is 3.11 bits per heavy atom. The van der Waals surface area contributed by atoms with Crippen LogP contribution in [0, 0.1) is 5.92 Å². The lowest BCUT2D eigenvalue weighted by Gasteiger charge is -2.35. The van der Waals surface area contributed by atoms with Crippen LogP contribution in [0.1, 0.15) is 29.4 Å². The van der Waals surface area contributed by atoms with Crippen molar-refractivity contribution in [3.05, 3.63) is 23.8 Å². The summed E-state index contributed by atoms with van der Waals surface area (Å²) in [5, 5.41) is 12.5. The van der Waals surface area contributed by atoms with Gasteiger partial charge in [0.15, 0.2) is 0 Å². The third-order valence-electron chi connectivity index (χ3n) is 3.67. The molecule has 2 atom stereocenters. The average molecular weight is 264 g/mol. The molecule has 6 heteroatoms. The molecule has 1 aliphatic heterocycles. The van der Waals surface area contributed by atoms with Gasteiger partial charge in [-0.25, -0.2) is 14.8 Å². The van der Waals surface area contributed by atoms with E-state index in [1.807, 2.05) is 0 Å². The van der Waals surface area contributed by atoms with E-state index in [1.165, 1.54) is 12.5 Å². The van der Waals surface area contributed by atoms with Gasteiger partial charge in [-0.2, -0.15) is 0 Å². The zero-order valence-electron chi connectivity index (χ0n) is 11.3. The normalized spacial score (nSPS) is 24.3. The second-order valence-corrected chi connectivity index (χ2v) is 5.20. The number of aromatic carboxylic acids is 1. The topological polar surface area (TPSA) is 78.3 Å². The summed E-state index contributed by atoms with van der Waals surface area (Å²) in [4.78, 5) is 21.2. The van der Waals surface area contributed by atoms with Crippen LogP contribution in [0.4, 0.5) is 0 Å². The van der Waals surface area contributed by atoms with E-state index in [1.54, 1.807) is 0 Å². The molecule has 6 nitrogen and oxygen atoms in total. The first-order valence-corrected chi connectivity index (χ1v) is 6.52. The lowest BCUT2D eigenvalue weighted by molar-refractivity contribution is 0.0694. The molecule has 104 valence electrons. The minimum Gasteiger partial charge on any atom is -0.478 e. The van der Waals surface area contributed by atoms with Crippen molar-refractivity contribution in [2.75, 3.05) is 20.1 Å². The Bertz CT molecular complexity index is 452. The highest BCUT2D eigenvalue weighted by Crippen LogP contribution is 2.16. The first kappa shape index (κ1) is 13.9. The highest BCUT2D eigenvalue weighted by Gasteiger charge is 2.24. The van der Waals surface area contributed by atoms with Gasteiger partial charge in [0.05, 0.1) is 5.69 Å². The van der Waals surface area contributed by atoms with Crippen LogP contribution in [-0.2, 0) is 6.54 Å². The molecule has 2 heterocycles. The van der Waals surface area contributed by atoms with Crippen molar-refractivity contribution in [2.45, 2.75) is 25.9 Å². The molecule has 0 saturated carbocycles. The smallest absolute Gasteiger partial charge is 0.339 e. The summed E-state index contributed by atoms with van der Waals surface area (Å²) < 4.78 is 0. The Labute approximate surface area is 112 Å². The predicted molar refractivity (Wildman–Crippen MR) is 70.9 cm³/mol. The predicted octanol–water partition coefficient (Wildman–Crippen LogP) is 0.605. The summed E-state index contributed by atoms with van der Waals surface area (Å²) in [6.45, 7) is 4.82. The second kappa shape index (κ2) is 6.08. The van der Waals surface area contributed by atoms with Gasteiger partial charge in [0.2, 0.25) is 0 Å². The number of carbonyl (C=O) groups is 1. The number of likely N-dealkylation sites (tertiary alicyclic amines) is 1. The molecule has 0 aromatic carbocycles. The van der Waals surface area contributed by atoms with Crippen molar-refractivity contribution in [2.24, 2.45) is 5.92 Å². The van der Waals surface area contributed by atoms with Gasteiger partial charge in [0, 0.05) is 25.3 Å². The monoisotopic (exact) mass is 264 g/mol. The van der Waals surface area contributed by atoms with Gasteiger partial charge in [-0.05, 0) is 25.9 Å². The number of rotatable bonds is 4. The highest BCUT2D eigenvalue weighted by molar-refractivity contribution is 5.88. The minimum atomic E-state index is -0.978. The first-order valence-electron chi connectivity index (χ1n) is 6.52. The third kappa shape index (κ3) is 3.48. The SMILES string of the molecule is CC1CN(C)CCC1NCc1ncncc1C(=O)O. The van der Waals surface area contributed by atoms with E-state index in [-0.39, 0.29) is 5.56 Å². The summed E-state index contributed by atoms with van der Waals surface area (Å²) in [5.41, 5.74) is 0.726. The van der Waals surface area contributed by atoms with E-state index < -0.39 is 5.97 Å². The van der Waals surface area contributed by atoms with Crippen LogP contribution in [0.3, 0.4) is 0 Å². The number of piperidine rings is 1. The molecular formula is C13H20N4O2. The van der Waals surface area contributed by atoms with E-state index in [0.29, 0.717) is 24.2 Å². The molecule has 0 spiro atoms. The summed E-state index contributed by atoms with van der Waals surface area (Å²) >= 11 is 0. The quantitative estimate of drug-likeness (QED) is 0.829. The lowest BCUT2D eigenvalue weighted by atomic mass is 9.94. The van der Waals surface area contributed by atoms with Gasteiger partial charge < -0.3 is 15.3 Å². The molecule has 2 rings (SSSR count). The Balaban J connectivity index is 1.97. The molecule has 2 N–H and O–H groups in total. The molecule has 1 aromatic heterocycles. The zero-order chi connectivity index (χ0) is 13.8. The van der Waals surface area contributed by atoms with Crippen LogP contribution in [0.25, 0.3) is 0 Å². The molecule has 0 radical (unpaired) electrons. The fourth-order valence-corrected chi connectivity index (χ4v) is 2.56. The number of hydrogen-bond donors (Lipinski definition) is 2. The van der Waals surface area contributed by atoms with Gasteiger partial charge in [0.1, 0.15) is 11.9 Å². The molecule has 1 aliphatic rings. The number of carboxylic acids is 1. The van der Waals surface area contributed by atoms with Crippen LogP contribution in [0.15, 0.2) is 12.5 Å². The molecule has 19 heavy (non-hydrogen) atoms. The largest absolute Gasteiger partial charge is 0.478 e. The summed E-state index contributed by atoms with van der Waals surface area (Å²) in [5.74, 6) is -0.428. The fraction of sp³-hybridized carbons (Fsp3) is 0.615. The Hall–Kier alpha value is -1.53. The molecule has 2 unspecified atom stereocenters. The number of aromatic nitrogens is 2.